The van der Waals surface area contributed by atoms with Crippen molar-refractivity contribution in [3.63, 3.8) is 0 Å². The second-order valence-electron chi connectivity index (χ2n) is 6.44. The summed E-state index contributed by atoms with van der Waals surface area (Å²) in [6.07, 6.45) is 0.934. The number of aliphatic imine (C=N–C) groups is 1. The summed E-state index contributed by atoms with van der Waals surface area (Å²) >= 11 is 1.14. The molecule has 2 aromatic rings. The average Bonchev–Trinajstić information content (AvgIpc) is 2.68. The Morgan fingerprint density at radius 3 is 2.34 bits per heavy atom. The fraction of sp³-hybridized carbons (Fsp3) is 0.158. The molecular weight excluding hydrogens is 465 g/mol. The van der Waals surface area contributed by atoms with Crippen LogP contribution in [0.15, 0.2) is 51.9 Å². The highest BCUT2D eigenvalue weighted by molar-refractivity contribution is 7.97. The summed E-state index contributed by atoms with van der Waals surface area (Å²) in [5, 5.41) is 0. The second kappa shape index (κ2) is 11.2. The van der Waals surface area contributed by atoms with Crippen LogP contribution >= 0.6 is 19.5 Å². The highest BCUT2D eigenvalue weighted by atomic mass is 32.2. The number of benzene rings is 2. The minimum atomic E-state index is -4.07. The number of carbonyl (C=O) groups is 1. The van der Waals surface area contributed by atoms with Crippen LogP contribution in [0.3, 0.4) is 0 Å². The van der Waals surface area contributed by atoms with E-state index in [1.54, 1.807) is 12.1 Å². The predicted octanol–water partition coefficient (Wildman–Crippen LogP) is 2.73. The lowest BCUT2D eigenvalue weighted by atomic mass is 10.1. The van der Waals surface area contributed by atoms with Gasteiger partial charge in [-0.2, -0.15) is 4.99 Å². The van der Waals surface area contributed by atoms with E-state index in [9.17, 15) is 18.1 Å². The van der Waals surface area contributed by atoms with E-state index >= 15 is 0 Å². The summed E-state index contributed by atoms with van der Waals surface area (Å²) in [6.45, 7) is 1.50. The quantitative estimate of drug-likeness (QED) is 0.0896. The maximum atomic E-state index is 14.4. The maximum Gasteiger partial charge on any atom is 0.326 e. The van der Waals surface area contributed by atoms with Crippen LogP contribution < -0.4 is 20.9 Å². The van der Waals surface area contributed by atoms with Crippen LogP contribution in [0, 0.1) is 11.6 Å². The molecule has 0 aliphatic carbocycles. The molecule has 172 valence electrons. The average molecular weight is 486 g/mol. The minimum absolute atomic E-state index is 0.0772. The highest BCUT2D eigenvalue weighted by Crippen LogP contribution is 2.33. The van der Waals surface area contributed by atoms with Crippen molar-refractivity contribution in [2.24, 2.45) is 16.5 Å². The first kappa shape index (κ1) is 25.5. The number of hydrogen-bond donors (Lipinski definition) is 5. The Morgan fingerprint density at radius 1 is 1.22 bits per heavy atom. The molecule has 0 aliphatic heterocycles. The first-order valence-corrected chi connectivity index (χ1v) is 11.6. The number of rotatable bonds is 9. The van der Waals surface area contributed by atoms with Gasteiger partial charge in [-0.05, 0) is 66.9 Å². The molecule has 0 aliphatic rings. The molecule has 1 amide bonds. The second-order valence-corrected chi connectivity index (χ2v) is 9.18. The molecule has 0 unspecified atom stereocenters. The van der Waals surface area contributed by atoms with Crippen molar-refractivity contribution in [2.75, 3.05) is 12.7 Å². The minimum Gasteiger partial charge on any atom is -0.451 e. The van der Waals surface area contributed by atoms with Gasteiger partial charge in [0, 0.05) is 17.0 Å². The van der Waals surface area contributed by atoms with Crippen molar-refractivity contribution in [3.8, 4) is 11.5 Å². The molecule has 0 saturated carbocycles. The fourth-order valence-electron chi connectivity index (χ4n) is 2.30. The van der Waals surface area contributed by atoms with Gasteiger partial charge in [-0.1, -0.05) is 0 Å². The molecule has 0 fully saturated rings. The van der Waals surface area contributed by atoms with E-state index in [1.807, 2.05) is 0 Å². The van der Waals surface area contributed by atoms with Crippen molar-refractivity contribution < 1.29 is 32.7 Å². The fourth-order valence-corrected chi connectivity index (χ4v) is 3.49. The Morgan fingerprint density at radius 2 is 1.81 bits per heavy atom. The molecule has 7 N–H and O–H groups in total. The summed E-state index contributed by atoms with van der Waals surface area (Å²) < 4.78 is 47.7. The first-order chi connectivity index (χ1) is 14.9. The zero-order chi connectivity index (χ0) is 23.9. The summed E-state index contributed by atoms with van der Waals surface area (Å²) in [6, 6.07) is 8.18. The van der Waals surface area contributed by atoms with Gasteiger partial charge in [0.25, 0.3) is 5.91 Å². The number of hydrogen-bond acceptors (Lipinski definition) is 5. The van der Waals surface area contributed by atoms with Crippen molar-refractivity contribution in [1.82, 2.24) is 4.72 Å². The van der Waals surface area contributed by atoms with Gasteiger partial charge in [0.2, 0.25) is 0 Å². The lowest BCUT2D eigenvalue weighted by Gasteiger charge is -2.10. The molecule has 0 spiro atoms. The van der Waals surface area contributed by atoms with Crippen LogP contribution in [-0.2, 0) is 9.36 Å². The van der Waals surface area contributed by atoms with E-state index in [0.29, 0.717) is 4.90 Å². The molecule has 0 aromatic heterocycles. The van der Waals surface area contributed by atoms with Crippen LogP contribution in [-0.4, -0.2) is 34.4 Å². The number of halogens is 2. The smallest absolute Gasteiger partial charge is 0.326 e. The van der Waals surface area contributed by atoms with Crippen LogP contribution in [0.2, 0.25) is 0 Å². The number of nitrogens with one attached hydrogen (secondary N) is 1. The van der Waals surface area contributed by atoms with Gasteiger partial charge in [-0.15, -0.1) is 0 Å². The van der Waals surface area contributed by atoms with Crippen LogP contribution in [0.25, 0.3) is 6.08 Å². The van der Waals surface area contributed by atoms with Crippen LogP contribution in [0.5, 0.6) is 11.5 Å². The number of nitrogens with two attached hydrogens (primary N) is 2. The van der Waals surface area contributed by atoms with E-state index in [4.69, 9.17) is 26.0 Å². The normalized spacial score (nSPS) is 11.8. The third-order valence-corrected chi connectivity index (χ3v) is 5.37. The number of ether oxygens (including phenoxy) is 1. The van der Waals surface area contributed by atoms with Crippen molar-refractivity contribution in [1.29, 1.82) is 0 Å². The van der Waals surface area contributed by atoms with E-state index in [-0.39, 0.29) is 29.6 Å². The third kappa shape index (κ3) is 8.40. The van der Waals surface area contributed by atoms with E-state index < -0.39 is 36.8 Å². The summed E-state index contributed by atoms with van der Waals surface area (Å²) in [5.41, 5.74) is 10.4. The highest BCUT2D eigenvalue weighted by Gasteiger charge is 2.15. The SMILES string of the molecule is C/C(=C\c1cc(F)c(Oc2ccc(SNCCP(=O)(O)O)cc2)c(F)c1)C(=O)N=C(N)N. The lowest BCUT2D eigenvalue weighted by molar-refractivity contribution is -0.114. The standard InChI is InChI=1S/C19H21F2N4O5PS/c1-11(18(26)25-19(22)23)8-12-9-15(20)17(16(21)10-12)30-13-2-4-14(5-3-13)32-24-6-7-31(27,28)29/h2-5,8-10,24H,6-7H2,1H3,(H2,27,28,29)(H4,22,23,25,26)/b11-8+. The topological polar surface area (TPSA) is 160 Å². The van der Waals surface area contributed by atoms with E-state index in [0.717, 1.165) is 24.1 Å². The molecule has 0 bridgehead atoms. The Kier molecular flexibility index (Phi) is 8.93. The van der Waals surface area contributed by atoms with Gasteiger partial charge >= 0.3 is 7.60 Å². The Labute approximate surface area is 186 Å². The third-order valence-electron chi connectivity index (χ3n) is 3.71. The Bertz CT molecular complexity index is 1060. The van der Waals surface area contributed by atoms with Gasteiger partial charge in [0.05, 0.1) is 6.16 Å². The van der Waals surface area contributed by atoms with Crippen molar-refractivity contribution >= 4 is 37.5 Å². The maximum absolute atomic E-state index is 14.4. The molecule has 32 heavy (non-hydrogen) atoms. The molecule has 0 atom stereocenters. The molecule has 0 heterocycles. The van der Waals surface area contributed by atoms with Crippen molar-refractivity contribution in [2.45, 2.75) is 11.8 Å². The largest absolute Gasteiger partial charge is 0.451 e. The summed E-state index contributed by atoms with van der Waals surface area (Å²) in [5.74, 6) is -3.56. The van der Waals surface area contributed by atoms with Gasteiger partial charge in [0.15, 0.2) is 23.3 Å². The van der Waals surface area contributed by atoms with Crippen molar-refractivity contribution in [3.05, 3.63) is 59.2 Å². The predicted molar refractivity (Wildman–Crippen MR) is 118 cm³/mol. The lowest BCUT2D eigenvalue weighted by Crippen LogP contribution is -2.24. The van der Waals surface area contributed by atoms with Crippen LogP contribution in [0.1, 0.15) is 12.5 Å². The molecule has 0 saturated heterocycles. The van der Waals surface area contributed by atoms with Gasteiger partial charge in [-0.3, -0.25) is 14.1 Å². The first-order valence-electron chi connectivity index (χ1n) is 8.98. The molecule has 2 aromatic carbocycles. The number of amides is 1. The van der Waals surface area contributed by atoms with Gasteiger partial charge in [0.1, 0.15) is 5.75 Å². The molecule has 0 radical (unpaired) electrons. The number of nitrogens with zero attached hydrogens (tertiary/aromatic N) is 1. The van der Waals surface area contributed by atoms with E-state index in [1.165, 1.54) is 25.1 Å². The zero-order valence-corrected chi connectivity index (χ0v) is 18.5. The molecule has 2 rings (SSSR count). The molecule has 9 nitrogen and oxygen atoms in total. The zero-order valence-electron chi connectivity index (χ0n) is 16.8. The van der Waals surface area contributed by atoms with Gasteiger partial charge in [-0.25, -0.2) is 8.78 Å². The van der Waals surface area contributed by atoms with Crippen LogP contribution in [0.4, 0.5) is 8.78 Å². The number of guanidine groups is 1. The monoisotopic (exact) mass is 486 g/mol. The Hall–Kier alpha value is -2.76. The van der Waals surface area contributed by atoms with E-state index in [2.05, 4.69) is 9.71 Å². The summed E-state index contributed by atoms with van der Waals surface area (Å²) in [7, 11) is -4.07. The molecule has 13 heteroatoms. The van der Waals surface area contributed by atoms with Gasteiger partial charge < -0.3 is 26.0 Å². The summed E-state index contributed by atoms with van der Waals surface area (Å²) in [4.78, 5) is 33.4. The number of carbonyl (C=O) groups excluding carboxylic acids is 1. The molecular formula is C19H21F2N4O5PS. The Balaban J connectivity index is 2.06.